The summed E-state index contributed by atoms with van der Waals surface area (Å²) >= 11 is 18.5. The number of benzene rings is 1. The van der Waals surface area contributed by atoms with Gasteiger partial charge in [-0.1, -0.05) is 66.6 Å². The van der Waals surface area contributed by atoms with E-state index in [4.69, 9.17) is 34.8 Å². The smallest absolute Gasteiger partial charge is 0.283 e. The van der Waals surface area contributed by atoms with Crippen LogP contribution in [-0.2, 0) is 0 Å². The molecule has 2 heterocycles. The van der Waals surface area contributed by atoms with Crippen molar-refractivity contribution >= 4 is 54.5 Å². The minimum Gasteiger partial charge on any atom is -0.283 e. The Hall–Kier alpha value is -1.83. The van der Waals surface area contributed by atoms with Gasteiger partial charge >= 0.3 is 0 Å². The van der Waals surface area contributed by atoms with E-state index < -0.39 is 8.07 Å². The van der Waals surface area contributed by atoms with E-state index >= 15 is 0 Å². The molecule has 9 heteroatoms. The third-order valence-corrected chi connectivity index (χ3v) is 9.53. The molecule has 1 amide bonds. The average Bonchev–Trinajstić information content (AvgIpc) is 3.07. The first-order valence-electron chi connectivity index (χ1n) is 10.8. The van der Waals surface area contributed by atoms with Crippen LogP contribution in [0, 0.1) is 6.92 Å². The summed E-state index contributed by atoms with van der Waals surface area (Å²) in [6.07, 6.45) is 3.45. The van der Waals surface area contributed by atoms with Gasteiger partial charge in [0.15, 0.2) is 5.69 Å². The Kier molecular flexibility index (Phi) is 8.29. The van der Waals surface area contributed by atoms with Crippen LogP contribution >= 0.6 is 34.8 Å². The molecule has 33 heavy (non-hydrogen) atoms. The molecule has 0 aliphatic carbocycles. The molecule has 1 aromatic heterocycles. The highest BCUT2D eigenvalue weighted by molar-refractivity contribution is 6.77. The molecule has 2 aromatic rings. The lowest BCUT2D eigenvalue weighted by Gasteiger charge is -2.35. The second kappa shape index (κ2) is 10.6. The van der Waals surface area contributed by atoms with E-state index in [1.807, 2.05) is 24.1 Å². The molecular weight excluding hydrogens is 495 g/mol. The van der Waals surface area contributed by atoms with Gasteiger partial charge in [-0.25, -0.2) is 9.69 Å². The van der Waals surface area contributed by atoms with Gasteiger partial charge in [-0.3, -0.25) is 10.2 Å². The molecule has 0 radical (unpaired) electrons. The van der Waals surface area contributed by atoms with Crippen molar-refractivity contribution in [3.05, 3.63) is 69.3 Å². The van der Waals surface area contributed by atoms with E-state index in [-0.39, 0.29) is 10.9 Å². The van der Waals surface area contributed by atoms with E-state index in [1.54, 1.807) is 35.9 Å². The number of carbonyl (C=O) groups is 1. The van der Waals surface area contributed by atoms with E-state index in [9.17, 15) is 4.79 Å². The van der Waals surface area contributed by atoms with Crippen molar-refractivity contribution in [1.82, 2.24) is 20.2 Å². The van der Waals surface area contributed by atoms with Crippen LogP contribution in [0.1, 0.15) is 23.0 Å². The van der Waals surface area contributed by atoms with Crippen molar-refractivity contribution in [2.24, 2.45) is 0 Å². The molecule has 1 saturated heterocycles. The van der Waals surface area contributed by atoms with Crippen molar-refractivity contribution in [2.75, 3.05) is 13.1 Å². The number of carbonyl (C=O) groups excluding carboxylic acids is 1. The van der Waals surface area contributed by atoms with E-state index in [0.29, 0.717) is 21.4 Å². The van der Waals surface area contributed by atoms with E-state index in [0.717, 1.165) is 42.0 Å². The zero-order valence-corrected chi connectivity index (χ0v) is 22.7. The highest BCUT2D eigenvalue weighted by atomic mass is 35.5. The number of rotatable bonds is 6. The second-order valence-corrected chi connectivity index (χ2v) is 15.9. The lowest BCUT2D eigenvalue weighted by Crippen LogP contribution is -2.51. The summed E-state index contributed by atoms with van der Waals surface area (Å²) in [6.45, 7) is 14.0. The predicted molar refractivity (Wildman–Crippen MR) is 142 cm³/mol. The van der Waals surface area contributed by atoms with Crippen LogP contribution < -0.4 is 5.43 Å². The fourth-order valence-electron chi connectivity index (χ4n) is 3.72. The van der Waals surface area contributed by atoms with Gasteiger partial charge in [0.1, 0.15) is 0 Å². The molecule has 0 saturated carbocycles. The Morgan fingerprint density at radius 3 is 2.30 bits per heavy atom. The van der Waals surface area contributed by atoms with Gasteiger partial charge in [-0.2, -0.15) is 5.10 Å². The number of halogens is 3. The molecule has 0 unspecified atom stereocenters. The van der Waals surface area contributed by atoms with Gasteiger partial charge in [-0.15, -0.1) is 0 Å². The number of allylic oxidation sites excluding steroid dienone is 5. The minimum atomic E-state index is -1.14. The normalized spacial score (nSPS) is 17.2. The van der Waals surface area contributed by atoms with Gasteiger partial charge in [0.05, 0.1) is 16.4 Å². The maximum absolute atomic E-state index is 13.3. The van der Waals surface area contributed by atoms with Gasteiger partial charge in [0, 0.05) is 42.3 Å². The molecule has 1 aliphatic rings. The topological polar surface area (TPSA) is 50.2 Å². The standard InChI is InChI=1S/C24H29Cl3N4OSi/c1-16(25)6-11-21(18(3)26)31-23(19-7-9-20(27)10-8-19)17(2)22(28-31)24(32)29-30-12-14-33(4,5)15-13-30/h6-11H,3,12-15H2,1-2,4-5H3,(H,29,32). The third kappa shape index (κ3) is 6.40. The Labute approximate surface area is 211 Å². The van der Waals surface area contributed by atoms with Crippen LogP contribution in [0.2, 0.25) is 30.2 Å². The molecule has 0 spiro atoms. The van der Waals surface area contributed by atoms with Crippen LogP contribution in [0.5, 0.6) is 0 Å². The second-order valence-electron chi connectivity index (χ2n) is 9.04. The predicted octanol–water partition coefficient (Wildman–Crippen LogP) is 6.92. The molecule has 0 bridgehead atoms. The van der Waals surface area contributed by atoms with Crippen molar-refractivity contribution in [2.45, 2.75) is 39.0 Å². The number of hydrazine groups is 1. The fourth-order valence-corrected chi connectivity index (χ4v) is 6.06. The number of nitrogens with one attached hydrogen (secondary N) is 1. The van der Waals surface area contributed by atoms with Crippen LogP contribution in [0.15, 0.2) is 53.1 Å². The maximum Gasteiger partial charge on any atom is 0.286 e. The summed E-state index contributed by atoms with van der Waals surface area (Å²) in [5.74, 6) is -0.244. The quantitative estimate of drug-likeness (QED) is 0.330. The number of aromatic nitrogens is 2. The number of hydrogen-bond acceptors (Lipinski definition) is 3. The van der Waals surface area contributed by atoms with Crippen molar-refractivity contribution in [3.8, 4) is 11.3 Å². The molecule has 0 atom stereocenters. The van der Waals surface area contributed by atoms with Crippen LogP contribution in [0.4, 0.5) is 0 Å². The van der Waals surface area contributed by atoms with Crippen molar-refractivity contribution < 1.29 is 4.79 Å². The fraction of sp³-hybridized carbons (Fsp3) is 0.333. The van der Waals surface area contributed by atoms with E-state index in [2.05, 4.69) is 30.2 Å². The van der Waals surface area contributed by atoms with Gasteiger partial charge < -0.3 is 0 Å². The lowest BCUT2D eigenvalue weighted by molar-refractivity contribution is 0.0791. The highest BCUT2D eigenvalue weighted by Gasteiger charge is 2.30. The zero-order valence-electron chi connectivity index (χ0n) is 19.4. The summed E-state index contributed by atoms with van der Waals surface area (Å²) in [6, 6.07) is 9.68. The summed E-state index contributed by atoms with van der Waals surface area (Å²) in [5, 5.41) is 8.14. The SMILES string of the molecule is C=C(Cl)C(=CC=C(C)Cl)n1nc(C(=O)NN2CC[Si](C)(C)CC2)c(C)c1-c1ccc(Cl)cc1. The highest BCUT2D eigenvalue weighted by Crippen LogP contribution is 2.32. The molecule has 1 aliphatic heterocycles. The summed E-state index contributed by atoms with van der Waals surface area (Å²) in [5.41, 5.74) is 6.22. The Bertz CT molecular complexity index is 1110. The van der Waals surface area contributed by atoms with Crippen molar-refractivity contribution in [3.63, 3.8) is 0 Å². The molecule has 176 valence electrons. The van der Waals surface area contributed by atoms with Crippen molar-refractivity contribution in [1.29, 1.82) is 0 Å². The van der Waals surface area contributed by atoms with E-state index in [1.165, 1.54) is 0 Å². The van der Waals surface area contributed by atoms with Crippen LogP contribution in [0.25, 0.3) is 17.0 Å². The summed E-state index contributed by atoms with van der Waals surface area (Å²) < 4.78 is 1.64. The largest absolute Gasteiger partial charge is 0.286 e. The first-order chi connectivity index (χ1) is 15.5. The molecule has 1 aromatic carbocycles. The first kappa shape index (κ1) is 25.8. The molecule has 5 nitrogen and oxygen atoms in total. The van der Waals surface area contributed by atoms with Gasteiger partial charge in [0.2, 0.25) is 0 Å². The number of hydrogen-bond donors (Lipinski definition) is 1. The molecule has 3 rings (SSSR count). The van der Waals surface area contributed by atoms with Crippen LogP contribution in [0.3, 0.4) is 0 Å². The Balaban J connectivity index is 2.05. The Morgan fingerprint density at radius 2 is 1.76 bits per heavy atom. The number of nitrogens with zero attached hydrogens (tertiary/aromatic N) is 3. The summed E-state index contributed by atoms with van der Waals surface area (Å²) in [7, 11) is -1.14. The molecular formula is C24H29Cl3N4OSi. The Morgan fingerprint density at radius 1 is 1.15 bits per heavy atom. The summed E-state index contributed by atoms with van der Waals surface area (Å²) in [4.78, 5) is 13.3. The van der Waals surface area contributed by atoms with Gasteiger partial charge in [-0.05, 0) is 50.2 Å². The maximum atomic E-state index is 13.3. The first-order valence-corrected chi connectivity index (χ1v) is 15.3. The molecule has 1 fully saturated rings. The zero-order chi connectivity index (χ0) is 24.3. The van der Waals surface area contributed by atoms with Crippen LogP contribution in [-0.4, -0.2) is 41.9 Å². The molecule has 1 N–H and O–H groups in total. The minimum absolute atomic E-state index is 0.244. The third-order valence-electron chi connectivity index (χ3n) is 5.81. The van der Waals surface area contributed by atoms with Gasteiger partial charge in [0.25, 0.3) is 5.91 Å². The monoisotopic (exact) mass is 522 g/mol. The lowest BCUT2D eigenvalue weighted by atomic mass is 10.1. The average molecular weight is 524 g/mol. The number of amides is 1.